The fourth-order valence-corrected chi connectivity index (χ4v) is 3.95. The van der Waals surface area contributed by atoms with Crippen molar-refractivity contribution in [2.45, 2.75) is 37.4 Å². The summed E-state index contributed by atoms with van der Waals surface area (Å²) >= 11 is 4.86. The highest BCUT2D eigenvalue weighted by Crippen LogP contribution is 2.29. The normalized spacial score (nSPS) is 30.1. The minimum Gasteiger partial charge on any atom is -0.347 e. The third-order valence-electron chi connectivity index (χ3n) is 3.41. The van der Waals surface area contributed by atoms with Gasteiger partial charge < -0.3 is 10.6 Å². The zero-order valence-corrected chi connectivity index (χ0v) is 12.3. The molecule has 94 valence electrons. The lowest BCUT2D eigenvalue weighted by atomic mass is 9.95. The SMILES string of the molecule is Cl.O=C(N[C@@H]1CC2CCC1N2)c1ccc(Br)s1. The van der Waals surface area contributed by atoms with Crippen molar-refractivity contribution in [3.63, 3.8) is 0 Å². The third kappa shape index (κ3) is 2.67. The molecule has 0 spiro atoms. The summed E-state index contributed by atoms with van der Waals surface area (Å²) in [5.41, 5.74) is 0. The summed E-state index contributed by atoms with van der Waals surface area (Å²) < 4.78 is 1.00. The summed E-state index contributed by atoms with van der Waals surface area (Å²) in [6.45, 7) is 0. The molecule has 2 unspecified atom stereocenters. The first kappa shape index (κ1) is 13.3. The van der Waals surface area contributed by atoms with E-state index < -0.39 is 0 Å². The van der Waals surface area contributed by atoms with Crippen LogP contribution in [-0.4, -0.2) is 24.0 Å². The summed E-state index contributed by atoms with van der Waals surface area (Å²) in [6, 6.07) is 5.23. The quantitative estimate of drug-likeness (QED) is 0.871. The van der Waals surface area contributed by atoms with Crippen LogP contribution < -0.4 is 10.6 Å². The topological polar surface area (TPSA) is 41.1 Å². The zero-order chi connectivity index (χ0) is 11.1. The van der Waals surface area contributed by atoms with Crippen LogP contribution in [0.4, 0.5) is 0 Å². The van der Waals surface area contributed by atoms with Crippen LogP contribution in [0.1, 0.15) is 28.9 Å². The van der Waals surface area contributed by atoms with Gasteiger partial charge in [-0.1, -0.05) is 0 Å². The van der Waals surface area contributed by atoms with Gasteiger partial charge in [-0.2, -0.15) is 0 Å². The number of hydrogen-bond donors (Lipinski definition) is 2. The van der Waals surface area contributed by atoms with Gasteiger partial charge in [0.15, 0.2) is 0 Å². The summed E-state index contributed by atoms with van der Waals surface area (Å²) in [7, 11) is 0. The second-order valence-electron chi connectivity index (χ2n) is 4.47. The van der Waals surface area contributed by atoms with Crippen LogP contribution in [0, 0.1) is 0 Å². The maximum Gasteiger partial charge on any atom is 0.261 e. The Morgan fingerprint density at radius 3 is 2.82 bits per heavy atom. The lowest BCUT2D eigenvalue weighted by molar-refractivity contribution is 0.0935. The van der Waals surface area contributed by atoms with Gasteiger partial charge >= 0.3 is 0 Å². The Hall–Kier alpha value is -0.100. The van der Waals surface area contributed by atoms with Crippen molar-refractivity contribution >= 4 is 45.6 Å². The van der Waals surface area contributed by atoms with E-state index in [1.165, 1.54) is 24.2 Å². The van der Waals surface area contributed by atoms with Crippen LogP contribution >= 0.6 is 39.7 Å². The van der Waals surface area contributed by atoms with Gasteiger partial charge in [-0.3, -0.25) is 4.79 Å². The Bertz CT molecular complexity index is 425. The van der Waals surface area contributed by atoms with E-state index >= 15 is 0 Å². The number of halogens is 2. The molecule has 2 saturated heterocycles. The molecule has 17 heavy (non-hydrogen) atoms. The number of rotatable bonds is 2. The van der Waals surface area contributed by atoms with Gasteiger partial charge in [-0.15, -0.1) is 23.7 Å². The Morgan fingerprint density at radius 1 is 1.47 bits per heavy atom. The third-order valence-corrected chi connectivity index (χ3v) is 5.04. The maximum atomic E-state index is 11.9. The Labute approximate surface area is 119 Å². The Kier molecular flexibility index (Phi) is 4.13. The first-order valence-electron chi connectivity index (χ1n) is 5.54. The minimum atomic E-state index is 0. The van der Waals surface area contributed by atoms with Crippen LogP contribution in [0.3, 0.4) is 0 Å². The average molecular weight is 338 g/mol. The van der Waals surface area contributed by atoms with Crippen LogP contribution in [-0.2, 0) is 0 Å². The van der Waals surface area contributed by atoms with Crippen LogP contribution in [0.25, 0.3) is 0 Å². The van der Waals surface area contributed by atoms with Gasteiger partial charge in [0.2, 0.25) is 0 Å². The predicted molar refractivity (Wildman–Crippen MR) is 75.1 cm³/mol. The number of carbonyl (C=O) groups excluding carboxylic acids is 1. The predicted octanol–water partition coefficient (Wildman–Crippen LogP) is 2.56. The van der Waals surface area contributed by atoms with Crippen molar-refractivity contribution in [2.75, 3.05) is 0 Å². The molecular weight excluding hydrogens is 324 g/mol. The zero-order valence-electron chi connectivity index (χ0n) is 9.11. The highest BCUT2D eigenvalue weighted by atomic mass is 79.9. The number of hydrogen-bond acceptors (Lipinski definition) is 3. The average Bonchev–Trinajstić information content (AvgIpc) is 2.92. The van der Waals surface area contributed by atoms with Crippen LogP contribution in [0.2, 0.25) is 0 Å². The molecule has 0 radical (unpaired) electrons. The van der Waals surface area contributed by atoms with Crippen molar-refractivity contribution in [3.05, 3.63) is 20.8 Å². The second-order valence-corrected chi connectivity index (χ2v) is 6.93. The summed E-state index contributed by atoms with van der Waals surface area (Å²) in [5, 5.41) is 6.65. The molecule has 0 aliphatic carbocycles. The van der Waals surface area contributed by atoms with E-state index in [1.807, 2.05) is 12.1 Å². The molecule has 1 aromatic rings. The number of thiophene rings is 1. The first-order chi connectivity index (χ1) is 7.72. The van der Waals surface area contributed by atoms with E-state index in [0.29, 0.717) is 18.1 Å². The standard InChI is InChI=1S/C11H13BrN2OS.ClH/c12-10-4-3-9(16-10)11(15)14-8-5-6-1-2-7(8)13-6;/h3-4,6-8,13H,1-2,5H2,(H,14,15);1H/t6?,7?,8-;/m1./s1. The lowest BCUT2D eigenvalue weighted by Gasteiger charge is -2.20. The molecule has 1 amide bonds. The second kappa shape index (κ2) is 5.26. The Morgan fingerprint density at radius 2 is 2.29 bits per heavy atom. The highest BCUT2D eigenvalue weighted by Gasteiger charge is 2.39. The summed E-state index contributed by atoms with van der Waals surface area (Å²) in [6.07, 6.45) is 3.55. The number of fused-ring (bicyclic) bond motifs is 2. The van der Waals surface area contributed by atoms with E-state index in [1.54, 1.807) is 0 Å². The summed E-state index contributed by atoms with van der Waals surface area (Å²) in [4.78, 5) is 12.7. The fourth-order valence-electron chi connectivity index (χ4n) is 2.66. The van der Waals surface area contributed by atoms with E-state index in [2.05, 4.69) is 26.6 Å². The monoisotopic (exact) mass is 336 g/mol. The van der Waals surface area contributed by atoms with Crippen LogP contribution in [0.5, 0.6) is 0 Å². The Balaban J connectivity index is 0.00000108. The molecular formula is C11H14BrClN2OS. The minimum absolute atomic E-state index is 0. The fraction of sp³-hybridized carbons (Fsp3) is 0.545. The van der Waals surface area contributed by atoms with Gasteiger partial charge in [0.1, 0.15) is 0 Å². The summed E-state index contributed by atoms with van der Waals surface area (Å²) in [5.74, 6) is 0.0649. The van der Waals surface area contributed by atoms with Crippen molar-refractivity contribution < 1.29 is 4.79 Å². The number of amides is 1. The molecule has 2 bridgehead atoms. The lowest BCUT2D eigenvalue weighted by Crippen LogP contribution is -2.42. The van der Waals surface area contributed by atoms with Crippen molar-refractivity contribution in [3.8, 4) is 0 Å². The molecule has 0 aromatic carbocycles. The molecule has 1 aromatic heterocycles. The van der Waals surface area contributed by atoms with Crippen molar-refractivity contribution in [1.82, 2.24) is 10.6 Å². The first-order valence-corrected chi connectivity index (χ1v) is 7.15. The van der Waals surface area contributed by atoms with Gasteiger partial charge in [0, 0.05) is 18.1 Å². The van der Waals surface area contributed by atoms with Crippen molar-refractivity contribution in [2.24, 2.45) is 0 Å². The molecule has 3 atom stereocenters. The smallest absolute Gasteiger partial charge is 0.261 e. The molecule has 2 N–H and O–H groups in total. The molecule has 6 heteroatoms. The molecule has 3 rings (SSSR count). The van der Waals surface area contributed by atoms with E-state index in [4.69, 9.17) is 0 Å². The highest BCUT2D eigenvalue weighted by molar-refractivity contribution is 9.11. The molecule has 3 heterocycles. The van der Waals surface area contributed by atoms with Gasteiger partial charge in [-0.05, 0) is 47.3 Å². The molecule has 0 saturated carbocycles. The van der Waals surface area contributed by atoms with Gasteiger partial charge in [-0.25, -0.2) is 0 Å². The molecule has 3 nitrogen and oxygen atoms in total. The largest absolute Gasteiger partial charge is 0.347 e. The van der Waals surface area contributed by atoms with Gasteiger partial charge in [0.05, 0.1) is 8.66 Å². The van der Waals surface area contributed by atoms with E-state index in [-0.39, 0.29) is 18.3 Å². The maximum absolute atomic E-state index is 11.9. The number of nitrogens with one attached hydrogen (secondary N) is 2. The molecule has 2 fully saturated rings. The molecule has 2 aliphatic rings. The van der Waals surface area contributed by atoms with Crippen LogP contribution in [0.15, 0.2) is 15.9 Å². The van der Waals surface area contributed by atoms with Gasteiger partial charge in [0.25, 0.3) is 5.91 Å². The molecule has 2 aliphatic heterocycles. The van der Waals surface area contributed by atoms with E-state index in [0.717, 1.165) is 15.1 Å². The number of carbonyl (C=O) groups is 1. The van der Waals surface area contributed by atoms with E-state index in [9.17, 15) is 4.79 Å². The van der Waals surface area contributed by atoms with Crippen molar-refractivity contribution in [1.29, 1.82) is 0 Å².